The number of piperazine rings is 1. The maximum Gasteiger partial charge on any atom is 0.373 e. The van der Waals surface area contributed by atoms with E-state index in [1.54, 1.807) is 7.05 Å². The highest BCUT2D eigenvalue weighted by Crippen LogP contribution is 2.36. The molecule has 20 heavy (non-hydrogen) atoms. The first-order chi connectivity index (χ1) is 9.36. The van der Waals surface area contributed by atoms with Crippen LogP contribution in [0.3, 0.4) is 0 Å². The summed E-state index contributed by atoms with van der Waals surface area (Å²) in [4.78, 5) is 37.2. The Hall–Kier alpha value is -1.71. The van der Waals surface area contributed by atoms with E-state index in [1.807, 2.05) is 0 Å². The van der Waals surface area contributed by atoms with E-state index in [4.69, 9.17) is 14.2 Å². The molecule has 0 aromatic heterocycles. The number of carbonyl (C=O) groups is 3. The SMILES string of the molecule is CN1CCNC2OC(=O)CC3(O)CC(=O)OC21OC3=O. The van der Waals surface area contributed by atoms with Gasteiger partial charge in [-0.25, -0.2) is 9.69 Å². The number of aliphatic hydroxyl groups is 1. The number of hydrogen-bond acceptors (Lipinski definition) is 9. The number of rotatable bonds is 0. The van der Waals surface area contributed by atoms with Crippen LogP contribution in [0.1, 0.15) is 12.8 Å². The van der Waals surface area contributed by atoms with E-state index in [0.717, 1.165) is 0 Å². The number of likely N-dealkylation sites (N-methyl/N-ethyl adjacent to an activating group) is 1. The molecule has 1 spiro atoms. The van der Waals surface area contributed by atoms with Crippen molar-refractivity contribution in [3.63, 3.8) is 0 Å². The van der Waals surface area contributed by atoms with Gasteiger partial charge in [0.15, 0.2) is 5.60 Å². The lowest BCUT2D eigenvalue weighted by Crippen LogP contribution is -2.71. The highest BCUT2D eigenvalue weighted by Gasteiger charge is 2.62. The summed E-state index contributed by atoms with van der Waals surface area (Å²) in [5, 5.41) is 13.0. The fraction of sp³-hybridized carbons (Fsp3) is 0.727. The minimum absolute atomic E-state index is 0.396. The van der Waals surface area contributed by atoms with Crippen LogP contribution >= 0.6 is 0 Å². The van der Waals surface area contributed by atoms with E-state index in [-0.39, 0.29) is 0 Å². The number of fused-ring (bicyclic) bond motifs is 2. The van der Waals surface area contributed by atoms with Crippen LogP contribution in [0.25, 0.3) is 0 Å². The van der Waals surface area contributed by atoms with Crippen molar-refractivity contribution < 1.29 is 33.7 Å². The minimum atomic E-state index is -2.25. The Kier molecular flexibility index (Phi) is 2.75. The van der Waals surface area contributed by atoms with Crippen molar-refractivity contribution in [2.24, 2.45) is 0 Å². The number of hydrogen-bond donors (Lipinski definition) is 2. The molecule has 3 atom stereocenters. The van der Waals surface area contributed by atoms with Gasteiger partial charge in [-0.1, -0.05) is 0 Å². The molecule has 2 N–H and O–H groups in total. The Labute approximate surface area is 113 Å². The standard InChI is InChI=1S/C11H14N2O7/c1-13-3-2-12-8-11(13)19-7(15)5-10(17,9(16)20-11)4-6(14)18-8/h8,12,17H,2-5H2,1H3. The predicted molar refractivity (Wildman–Crippen MR) is 59.6 cm³/mol. The summed E-state index contributed by atoms with van der Waals surface area (Å²) in [6.07, 6.45) is -2.44. The molecule has 3 rings (SSSR count). The molecular formula is C11H14N2O7. The summed E-state index contributed by atoms with van der Waals surface area (Å²) in [6.45, 7) is 0.850. The monoisotopic (exact) mass is 286 g/mol. The van der Waals surface area contributed by atoms with Crippen LogP contribution in [0.5, 0.6) is 0 Å². The number of nitrogens with one attached hydrogen (secondary N) is 1. The topological polar surface area (TPSA) is 114 Å². The summed E-state index contributed by atoms with van der Waals surface area (Å²) in [5.41, 5.74) is -2.25. The van der Waals surface area contributed by atoms with Gasteiger partial charge in [-0.05, 0) is 7.05 Å². The lowest BCUT2D eigenvalue weighted by atomic mass is 9.95. The second kappa shape index (κ2) is 4.14. The molecule has 3 aliphatic heterocycles. The highest BCUT2D eigenvalue weighted by molar-refractivity contribution is 5.92. The van der Waals surface area contributed by atoms with Crippen LogP contribution in [0.4, 0.5) is 0 Å². The van der Waals surface area contributed by atoms with Crippen LogP contribution in [0.2, 0.25) is 0 Å². The van der Waals surface area contributed by atoms with E-state index in [0.29, 0.717) is 13.1 Å². The molecule has 2 bridgehead atoms. The van der Waals surface area contributed by atoms with Gasteiger partial charge in [-0.15, -0.1) is 0 Å². The van der Waals surface area contributed by atoms with E-state index >= 15 is 0 Å². The van der Waals surface area contributed by atoms with E-state index in [1.165, 1.54) is 4.90 Å². The molecule has 3 heterocycles. The molecular weight excluding hydrogens is 272 g/mol. The first-order valence-corrected chi connectivity index (χ1v) is 6.17. The summed E-state index contributed by atoms with van der Waals surface area (Å²) < 4.78 is 15.5. The quantitative estimate of drug-likeness (QED) is 0.473. The maximum atomic E-state index is 12.1. The summed E-state index contributed by atoms with van der Waals surface area (Å²) >= 11 is 0. The van der Waals surface area contributed by atoms with Gasteiger partial charge < -0.3 is 19.3 Å². The average molecular weight is 286 g/mol. The van der Waals surface area contributed by atoms with Crippen LogP contribution in [0, 0.1) is 0 Å². The van der Waals surface area contributed by atoms with Crippen LogP contribution < -0.4 is 5.32 Å². The molecule has 0 saturated carbocycles. The third kappa shape index (κ3) is 1.78. The first-order valence-electron chi connectivity index (χ1n) is 6.17. The van der Waals surface area contributed by atoms with Crippen LogP contribution in [0.15, 0.2) is 0 Å². The van der Waals surface area contributed by atoms with Crippen molar-refractivity contribution >= 4 is 17.9 Å². The van der Waals surface area contributed by atoms with E-state index in [9.17, 15) is 19.5 Å². The lowest BCUT2D eigenvalue weighted by molar-refractivity contribution is -0.336. The van der Waals surface area contributed by atoms with Crippen molar-refractivity contribution in [3.8, 4) is 0 Å². The van der Waals surface area contributed by atoms with Crippen molar-refractivity contribution in [3.05, 3.63) is 0 Å². The highest BCUT2D eigenvalue weighted by atomic mass is 16.8. The normalized spacial score (nSPS) is 41.7. The van der Waals surface area contributed by atoms with Crippen LogP contribution in [-0.4, -0.2) is 65.8 Å². The second-order valence-corrected chi connectivity index (χ2v) is 5.13. The van der Waals surface area contributed by atoms with E-state index in [2.05, 4.69) is 5.32 Å². The van der Waals surface area contributed by atoms with Gasteiger partial charge in [0, 0.05) is 13.1 Å². The molecule has 3 saturated heterocycles. The largest absolute Gasteiger partial charge is 0.436 e. The Balaban J connectivity index is 2.11. The van der Waals surface area contributed by atoms with Gasteiger partial charge in [0.25, 0.3) is 0 Å². The summed E-state index contributed by atoms with van der Waals surface area (Å²) in [6, 6.07) is 0. The zero-order valence-corrected chi connectivity index (χ0v) is 10.7. The molecule has 0 aromatic rings. The number of nitrogens with zero attached hydrogens (tertiary/aromatic N) is 1. The minimum Gasteiger partial charge on any atom is -0.436 e. The van der Waals surface area contributed by atoms with Gasteiger partial charge in [0.2, 0.25) is 6.23 Å². The van der Waals surface area contributed by atoms with Crippen molar-refractivity contribution in [1.82, 2.24) is 10.2 Å². The Morgan fingerprint density at radius 2 is 1.95 bits per heavy atom. The van der Waals surface area contributed by atoms with Crippen molar-refractivity contribution in [2.75, 3.05) is 20.1 Å². The Morgan fingerprint density at radius 1 is 1.25 bits per heavy atom. The lowest BCUT2D eigenvalue weighted by Gasteiger charge is -2.46. The Bertz CT molecular complexity index is 495. The fourth-order valence-electron chi connectivity index (χ4n) is 2.53. The number of carbonyl (C=O) groups excluding carboxylic acids is 3. The first kappa shape index (κ1) is 13.3. The predicted octanol–water partition coefficient (Wildman–Crippen LogP) is -2.33. The fourth-order valence-corrected chi connectivity index (χ4v) is 2.53. The molecule has 110 valence electrons. The molecule has 3 fully saturated rings. The van der Waals surface area contributed by atoms with Gasteiger partial charge in [0.05, 0.1) is 12.8 Å². The number of esters is 3. The van der Waals surface area contributed by atoms with Crippen molar-refractivity contribution in [1.29, 1.82) is 0 Å². The van der Waals surface area contributed by atoms with E-state index < -0.39 is 48.5 Å². The maximum absolute atomic E-state index is 12.1. The molecule has 0 aromatic carbocycles. The van der Waals surface area contributed by atoms with Gasteiger partial charge >= 0.3 is 23.8 Å². The smallest absolute Gasteiger partial charge is 0.373 e. The summed E-state index contributed by atoms with van der Waals surface area (Å²) in [5.74, 6) is -4.59. The van der Waals surface area contributed by atoms with Gasteiger partial charge in [-0.3, -0.25) is 14.9 Å². The third-order valence-electron chi connectivity index (χ3n) is 3.64. The zero-order chi connectivity index (χ0) is 14.5. The van der Waals surface area contributed by atoms with Gasteiger partial charge in [0.1, 0.15) is 0 Å². The van der Waals surface area contributed by atoms with Gasteiger partial charge in [-0.2, -0.15) is 0 Å². The molecule has 3 aliphatic rings. The second-order valence-electron chi connectivity index (χ2n) is 5.13. The van der Waals surface area contributed by atoms with Crippen molar-refractivity contribution in [2.45, 2.75) is 30.6 Å². The molecule has 9 heteroatoms. The zero-order valence-electron chi connectivity index (χ0n) is 10.7. The number of ether oxygens (including phenoxy) is 3. The summed E-state index contributed by atoms with van der Waals surface area (Å²) in [7, 11) is 1.56. The third-order valence-corrected chi connectivity index (χ3v) is 3.64. The Morgan fingerprint density at radius 3 is 2.70 bits per heavy atom. The molecule has 0 radical (unpaired) electrons. The molecule has 0 amide bonds. The molecule has 3 unspecified atom stereocenters. The molecule has 9 nitrogen and oxygen atoms in total. The molecule has 0 aliphatic carbocycles. The van der Waals surface area contributed by atoms with Crippen LogP contribution in [-0.2, 0) is 28.6 Å². The average Bonchev–Trinajstić information content (AvgIpc) is 2.38.